The lowest BCUT2D eigenvalue weighted by molar-refractivity contribution is -0.198. The summed E-state index contributed by atoms with van der Waals surface area (Å²) in [6.07, 6.45) is -2.61. The van der Waals surface area contributed by atoms with E-state index in [0.717, 1.165) is 25.9 Å². The number of hydrogen-bond donors (Lipinski definition) is 1. The summed E-state index contributed by atoms with van der Waals surface area (Å²) in [7, 11) is 0. The van der Waals surface area contributed by atoms with E-state index in [1.165, 1.54) is 0 Å². The van der Waals surface area contributed by atoms with Crippen LogP contribution in [0.25, 0.3) is 0 Å². The molecule has 0 aromatic carbocycles. The van der Waals surface area contributed by atoms with E-state index in [0.29, 0.717) is 12.6 Å². The first-order chi connectivity index (χ1) is 8.79. The van der Waals surface area contributed by atoms with Crippen molar-refractivity contribution in [2.75, 3.05) is 26.2 Å². The second kappa shape index (κ2) is 5.28. The van der Waals surface area contributed by atoms with Gasteiger partial charge in [-0.2, -0.15) is 13.2 Å². The summed E-state index contributed by atoms with van der Waals surface area (Å²) in [5, 5.41) is 8.76. The largest absolute Gasteiger partial charge is 0.481 e. The van der Waals surface area contributed by atoms with Crippen molar-refractivity contribution in [1.82, 2.24) is 9.80 Å². The molecule has 2 aliphatic rings. The average Bonchev–Trinajstić information content (AvgIpc) is 2.70. The molecule has 0 aromatic heterocycles. The third kappa shape index (κ3) is 3.20. The molecule has 0 aliphatic carbocycles. The van der Waals surface area contributed by atoms with Crippen LogP contribution in [-0.4, -0.2) is 65.3 Å². The first kappa shape index (κ1) is 14.6. The Labute approximate surface area is 110 Å². The van der Waals surface area contributed by atoms with Crippen LogP contribution in [0, 0.1) is 5.92 Å². The number of halogens is 3. The lowest BCUT2D eigenvalue weighted by atomic mass is 10.0. The lowest BCUT2D eigenvalue weighted by Crippen LogP contribution is -2.57. The summed E-state index contributed by atoms with van der Waals surface area (Å²) in [6.45, 7) is 3.70. The Hall–Kier alpha value is -0.820. The fraction of sp³-hybridized carbons (Fsp3) is 0.917. The van der Waals surface area contributed by atoms with Crippen molar-refractivity contribution in [2.24, 2.45) is 5.92 Å². The third-order valence-corrected chi connectivity index (χ3v) is 4.18. The highest BCUT2D eigenvalue weighted by Crippen LogP contribution is 2.30. The molecule has 0 saturated carbocycles. The van der Waals surface area contributed by atoms with Gasteiger partial charge in [0.2, 0.25) is 0 Å². The zero-order valence-electron chi connectivity index (χ0n) is 10.9. The number of piperazine rings is 1. The molecule has 2 aliphatic heterocycles. The first-order valence-electron chi connectivity index (χ1n) is 6.56. The van der Waals surface area contributed by atoms with Gasteiger partial charge in [-0.15, -0.1) is 0 Å². The van der Waals surface area contributed by atoms with Gasteiger partial charge in [0.1, 0.15) is 0 Å². The van der Waals surface area contributed by atoms with Crippen LogP contribution < -0.4 is 0 Å². The Morgan fingerprint density at radius 2 is 2.11 bits per heavy atom. The Balaban J connectivity index is 2.02. The molecule has 2 rings (SSSR count). The molecule has 0 aromatic rings. The Morgan fingerprint density at radius 3 is 2.68 bits per heavy atom. The molecule has 0 spiro atoms. The highest BCUT2D eigenvalue weighted by Gasteiger charge is 2.47. The Morgan fingerprint density at radius 1 is 1.42 bits per heavy atom. The van der Waals surface area contributed by atoms with Crippen LogP contribution in [0.4, 0.5) is 13.2 Å². The smallest absolute Gasteiger partial charge is 0.403 e. The van der Waals surface area contributed by atoms with Crippen molar-refractivity contribution in [2.45, 2.75) is 38.0 Å². The van der Waals surface area contributed by atoms with Crippen molar-refractivity contribution < 1.29 is 23.1 Å². The second-order valence-electron chi connectivity index (χ2n) is 5.53. The summed E-state index contributed by atoms with van der Waals surface area (Å²) in [5.74, 6) is -4.07. The Bertz CT molecular complexity index is 348. The highest BCUT2D eigenvalue weighted by molar-refractivity contribution is 5.71. The van der Waals surface area contributed by atoms with E-state index in [-0.39, 0.29) is 6.04 Å². The molecule has 4 nitrogen and oxygen atoms in total. The van der Waals surface area contributed by atoms with Crippen molar-refractivity contribution >= 4 is 5.97 Å². The summed E-state index contributed by atoms with van der Waals surface area (Å²) in [5.41, 5.74) is 0. The van der Waals surface area contributed by atoms with Crippen LogP contribution in [0.1, 0.15) is 19.8 Å². The zero-order valence-corrected chi connectivity index (χ0v) is 10.9. The van der Waals surface area contributed by atoms with Crippen LogP contribution >= 0.6 is 0 Å². The molecule has 3 atom stereocenters. The summed E-state index contributed by atoms with van der Waals surface area (Å²) < 4.78 is 38.1. The van der Waals surface area contributed by atoms with E-state index in [4.69, 9.17) is 5.11 Å². The summed E-state index contributed by atoms with van der Waals surface area (Å²) in [6, 6.07) is 0.262. The van der Waals surface area contributed by atoms with Crippen LogP contribution in [0.2, 0.25) is 0 Å². The molecule has 2 saturated heterocycles. The first-order valence-corrected chi connectivity index (χ1v) is 6.56. The minimum absolute atomic E-state index is 0.0291. The molecular formula is C12H19F3N2O2. The zero-order chi connectivity index (χ0) is 14.2. The molecule has 110 valence electrons. The van der Waals surface area contributed by atoms with Crippen LogP contribution in [0.5, 0.6) is 0 Å². The number of hydrogen-bond acceptors (Lipinski definition) is 3. The van der Waals surface area contributed by atoms with Gasteiger partial charge in [0, 0.05) is 31.7 Å². The summed E-state index contributed by atoms with van der Waals surface area (Å²) >= 11 is 0. The topological polar surface area (TPSA) is 43.8 Å². The van der Waals surface area contributed by atoms with Gasteiger partial charge in [0.15, 0.2) is 5.92 Å². The minimum Gasteiger partial charge on any atom is -0.481 e. The fourth-order valence-corrected chi connectivity index (χ4v) is 3.06. The van der Waals surface area contributed by atoms with Crippen molar-refractivity contribution in [3.63, 3.8) is 0 Å². The van der Waals surface area contributed by atoms with Gasteiger partial charge in [0.05, 0.1) is 0 Å². The van der Waals surface area contributed by atoms with E-state index >= 15 is 0 Å². The highest BCUT2D eigenvalue weighted by atomic mass is 19.4. The van der Waals surface area contributed by atoms with Gasteiger partial charge in [-0.1, -0.05) is 0 Å². The van der Waals surface area contributed by atoms with Crippen molar-refractivity contribution in [1.29, 1.82) is 0 Å². The molecule has 2 heterocycles. The Kier molecular flexibility index (Phi) is 4.06. The molecule has 2 fully saturated rings. The normalized spacial score (nSPS) is 31.2. The molecular weight excluding hydrogens is 261 g/mol. The maximum atomic E-state index is 12.7. The number of carboxylic acid groups (broad SMARTS) is 1. The quantitative estimate of drug-likeness (QED) is 0.849. The second-order valence-corrected chi connectivity index (χ2v) is 5.53. The number of carboxylic acids is 1. The SMILES string of the molecule is CC1CN2CCCC2CN1CC(C(=O)O)C(F)(F)F. The van der Waals surface area contributed by atoms with Gasteiger partial charge in [-0.25, -0.2) is 0 Å². The van der Waals surface area contributed by atoms with Crippen molar-refractivity contribution in [3.8, 4) is 0 Å². The van der Waals surface area contributed by atoms with E-state index in [2.05, 4.69) is 4.90 Å². The fourth-order valence-electron chi connectivity index (χ4n) is 3.06. The number of fused-ring (bicyclic) bond motifs is 1. The van der Waals surface area contributed by atoms with Crippen molar-refractivity contribution in [3.05, 3.63) is 0 Å². The third-order valence-electron chi connectivity index (χ3n) is 4.18. The lowest BCUT2D eigenvalue weighted by Gasteiger charge is -2.43. The maximum Gasteiger partial charge on any atom is 0.403 e. The van der Waals surface area contributed by atoms with Gasteiger partial charge in [-0.05, 0) is 26.3 Å². The van der Waals surface area contributed by atoms with Gasteiger partial charge < -0.3 is 5.11 Å². The maximum absolute atomic E-state index is 12.7. The molecule has 7 heteroatoms. The predicted molar refractivity (Wildman–Crippen MR) is 62.8 cm³/mol. The number of carbonyl (C=O) groups is 1. The number of nitrogens with zero attached hydrogens (tertiary/aromatic N) is 2. The standard InChI is InChI=1S/C12H19F3N2O2/c1-8-5-16-4-2-3-9(16)6-17(8)7-10(11(18)19)12(13,14)15/h8-10H,2-7H2,1H3,(H,18,19). The minimum atomic E-state index is -4.68. The van der Waals surface area contributed by atoms with E-state index in [1.807, 2.05) is 6.92 Å². The van der Waals surface area contributed by atoms with Crippen LogP contribution in [-0.2, 0) is 4.79 Å². The van der Waals surface area contributed by atoms with Crippen LogP contribution in [0.3, 0.4) is 0 Å². The van der Waals surface area contributed by atoms with E-state index in [1.54, 1.807) is 4.90 Å². The van der Waals surface area contributed by atoms with Gasteiger partial charge in [-0.3, -0.25) is 14.6 Å². The molecule has 19 heavy (non-hydrogen) atoms. The monoisotopic (exact) mass is 280 g/mol. The molecule has 3 unspecified atom stereocenters. The predicted octanol–water partition coefficient (Wildman–Crippen LogP) is 1.42. The van der Waals surface area contributed by atoms with Crippen LogP contribution in [0.15, 0.2) is 0 Å². The molecule has 1 N–H and O–H groups in total. The number of alkyl halides is 3. The summed E-state index contributed by atoms with van der Waals surface area (Å²) in [4.78, 5) is 14.8. The van der Waals surface area contributed by atoms with E-state index in [9.17, 15) is 18.0 Å². The number of rotatable bonds is 3. The molecule has 0 amide bonds. The number of aliphatic carboxylic acids is 1. The molecule has 0 bridgehead atoms. The molecule has 0 radical (unpaired) electrons. The van der Waals surface area contributed by atoms with Gasteiger partial charge in [0.25, 0.3) is 0 Å². The van der Waals surface area contributed by atoms with Gasteiger partial charge >= 0.3 is 12.1 Å². The average molecular weight is 280 g/mol. The van der Waals surface area contributed by atoms with E-state index < -0.39 is 24.6 Å².